The zero-order valence-corrected chi connectivity index (χ0v) is 19.0. The molecule has 1 amide bonds. The Morgan fingerprint density at radius 3 is 2.44 bits per heavy atom. The van der Waals surface area contributed by atoms with Gasteiger partial charge in [-0.25, -0.2) is 0 Å². The van der Waals surface area contributed by atoms with Crippen molar-refractivity contribution in [2.45, 2.75) is 25.8 Å². The van der Waals surface area contributed by atoms with Gasteiger partial charge in [-0.15, -0.1) is 0 Å². The van der Waals surface area contributed by atoms with Gasteiger partial charge in [-0.3, -0.25) is 4.79 Å². The molecule has 7 heteroatoms. The maximum Gasteiger partial charge on any atom is 0.260 e. The van der Waals surface area contributed by atoms with Crippen molar-refractivity contribution in [3.8, 4) is 5.75 Å². The summed E-state index contributed by atoms with van der Waals surface area (Å²) in [6.45, 7) is 4.66. The molecule has 3 rings (SSSR count). The highest BCUT2D eigenvalue weighted by Gasteiger charge is 2.27. The molecule has 0 spiro atoms. The Kier molecular flexibility index (Phi) is 6.89. The number of ether oxygens (including phenoxy) is 1. The lowest BCUT2D eigenvalue weighted by atomic mass is 10.1. The van der Waals surface area contributed by atoms with Gasteiger partial charge in [-0.1, -0.05) is 30.8 Å². The molecular weight excluding hydrogens is 492 g/mol. The van der Waals surface area contributed by atoms with E-state index in [1.807, 2.05) is 37.3 Å². The number of anilines is 1. The van der Waals surface area contributed by atoms with E-state index in [0.29, 0.717) is 11.5 Å². The van der Waals surface area contributed by atoms with E-state index in [2.05, 4.69) is 61.5 Å². The third-order valence-corrected chi connectivity index (χ3v) is 6.20. The number of hydrogen-bond donors (Lipinski definition) is 2. The van der Waals surface area contributed by atoms with E-state index >= 15 is 0 Å². The first-order valence-corrected chi connectivity index (χ1v) is 11.1. The predicted octanol–water partition coefficient (Wildman–Crippen LogP) is 5.77. The van der Waals surface area contributed by atoms with Gasteiger partial charge >= 0.3 is 0 Å². The summed E-state index contributed by atoms with van der Waals surface area (Å²) in [6.07, 6.45) is 2.89. The van der Waals surface area contributed by atoms with Crippen molar-refractivity contribution in [2.24, 2.45) is 0 Å². The molecule has 1 heterocycles. The van der Waals surface area contributed by atoms with Crippen molar-refractivity contribution < 1.29 is 9.53 Å². The largest absolute Gasteiger partial charge is 0.492 e. The Morgan fingerprint density at radius 1 is 1.19 bits per heavy atom. The summed E-state index contributed by atoms with van der Waals surface area (Å²) >= 11 is 8.53. The molecule has 0 aliphatic carbocycles. The highest BCUT2D eigenvalue weighted by molar-refractivity contribution is 9.11. The highest BCUT2D eigenvalue weighted by atomic mass is 79.9. The number of benzene rings is 2. The number of rotatable bonds is 6. The molecule has 0 saturated carbocycles. The van der Waals surface area contributed by atoms with Crippen LogP contribution in [0.15, 0.2) is 50.2 Å². The number of aryl methyl sites for hydroxylation is 1. The zero-order valence-electron chi connectivity index (χ0n) is 15.0. The van der Waals surface area contributed by atoms with Crippen LogP contribution in [0, 0.1) is 0 Å². The van der Waals surface area contributed by atoms with Crippen molar-refractivity contribution >= 4 is 61.3 Å². The normalized spacial score (nSPS) is 17.9. The molecule has 1 aliphatic heterocycles. The number of hydrogen-bond acceptors (Lipinski definition) is 4. The topological polar surface area (TPSA) is 50.4 Å². The highest BCUT2D eigenvalue weighted by Crippen LogP contribution is 2.37. The quantitative estimate of drug-likeness (QED) is 0.483. The second-order valence-corrected chi connectivity index (χ2v) is 8.78. The minimum absolute atomic E-state index is 0.0798. The summed E-state index contributed by atoms with van der Waals surface area (Å²) < 4.78 is 7.30. The summed E-state index contributed by atoms with van der Waals surface area (Å²) in [6, 6.07) is 12.1. The number of carbonyl (C=O) groups is 1. The van der Waals surface area contributed by atoms with E-state index in [1.54, 1.807) is 0 Å². The van der Waals surface area contributed by atoms with Crippen LogP contribution in [0.1, 0.15) is 25.0 Å². The lowest BCUT2D eigenvalue weighted by Gasteiger charge is -2.13. The van der Waals surface area contributed by atoms with Crippen LogP contribution in [-0.2, 0) is 11.2 Å². The summed E-state index contributed by atoms with van der Waals surface area (Å²) in [4.78, 5) is 13.0. The fraction of sp³-hybridized carbons (Fsp3) is 0.250. The second-order valence-electron chi connectivity index (χ2n) is 5.92. The van der Waals surface area contributed by atoms with Gasteiger partial charge in [0.05, 0.1) is 20.5 Å². The molecule has 0 aromatic heterocycles. The molecule has 0 bridgehead atoms. The molecule has 0 unspecified atom stereocenters. The molecule has 1 saturated heterocycles. The average Bonchev–Trinajstić information content (AvgIpc) is 2.98. The predicted molar refractivity (Wildman–Crippen MR) is 120 cm³/mol. The molecule has 142 valence electrons. The number of amides is 1. The molecule has 2 aromatic rings. The molecule has 0 radical (unpaired) electrons. The Labute approximate surface area is 180 Å². The zero-order chi connectivity index (χ0) is 19.4. The van der Waals surface area contributed by atoms with Crippen LogP contribution < -0.4 is 15.4 Å². The minimum atomic E-state index is -0.189. The lowest BCUT2D eigenvalue weighted by Crippen LogP contribution is -2.30. The van der Waals surface area contributed by atoms with Gasteiger partial charge in [0.15, 0.2) is 5.50 Å². The molecule has 4 nitrogen and oxygen atoms in total. The van der Waals surface area contributed by atoms with Crippen LogP contribution in [0.2, 0.25) is 0 Å². The van der Waals surface area contributed by atoms with Crippen molar-refractivity contribution in [3.63, 3.8) is 0 Å². The van der Waals surface area contributed by atoms with Crippen LogP contribution in [0.25, 0.3) is 6.08 Å². The number of halogens is 2. The van der Waals surface area contributed by atoms with Crippen LogP contribution in [-0.4, -0.2) is 18.0 Å². The minimum Gasteiger partial charge on any atom is -0.492 e. The molecule has 2 N–H and O–H groups in total. The Bertz CT molecular complexity index is 846. The molecule has 27 heavy (non-hydrogen) atoms. The monoisotopic (exact) mass is 510 g/mol. The van der Waals surface area contributed by atoms with Crippen molar-refractivity contribution in [2.75, 3.05) is 11.9 Å². The first-order chi connectivity index (χ1) is 13.0. The van der Waals surface area contributed by atoms with E-state index < -0.39 is 0 Å². The fourth-order valence-electron chi connectivity index (χ4n) is 2.65. The SMILES string of the molecule is CCOc1c(Br)cc(/C=C2\S[C@H](Nc3ccc(CC)cc3)NC2=O)cc1Br. The summed E-state index contributed by atoms with van der Waals surface area (Å²) in [5, 5.41) is 6.30. The standard InChI is InChI=1S/C20H20Br2N2O2S/c1-3-12-5-7-14(8-6-12)23-20-24-19(25)17(27-20)11-13-9-15(21)18(26-4-2)16(22)10-13/h5-11,20,23H,3-4H2,1-2H3,(H,24,25)/b17-11-/t20-/m1/s1. The van der Waals surface area contributed by atoms with E-state index in [4.69, 9.17) is 4.74 Å². The van der Waals surface area contributed by atoms with Gasteiger partial charge in [0.25, 0.3) is 5.91 Å². The van der Waals surface area contributed by atoms with Gasteiger partial charge in [-0.2, -0.15) is 0 Å². The molecular formula is C20H20Br2N2O2S. The first-order valence-electron chi connectivity index (χ1n) is 8.66. The van der Waals surface area contributed by atoms with Gasteiger partial charge < -0.3 is 15.4 Å². The van der Waals surface area contributed by atoms with Crippen molar-refractivity contribution in [1.82, 2.24) is 5.32 Å². The average molecular weight is 512 g/mol. The Morgan fingerprint density at radius 2 is 1.85 bits per heavy atom. The first kappa shape index (κ1) is 20.3. The summed E-state index contributed by atoms with van der Waals surface area (Å²) in [7, 11) is 0. The Hall–Kier alpha value is -1.44. The van der Waals surface area contributed by atoms with Gasteiger partial charge in [0.2, 0.25) is 0 Å². The Balaban J connectivity index is 1.73. The second kappa shape index (κ2) is 9.17. The maximum absolute atomic E-state index is 12.3. The van der Waals surface area contributed by atoms with Crippen molar-refractivity contribution in [3.05, 3.63) is 61.4 Å². The van der Waals surface area contributed by atoms with Crippen LogP contribution in [0.3, 0.4) is 0 Å². The van der Waals surface area contributed by atoms with E-state index in [9.17, 15) is 4.79 Å². The third kappa shape index (κ3) is 5.09. The lowest BCUT2D eigenvalue weighted by molar-refractivity contribution is -0.116. The number of carbonyl (C=O) groups excluding carboxylic acids is 1. The summed E-state index contributed by atoms with van der Waals surface area (Å²) in [5.74, 6) is 0.682. The molecule has 2 aromatic carbocycles. The van der Waals surface area contributed by atoms with E-state index in [-0.39, 0.29) is 11.4 Å². The maximum atomic E-state index is 12.3. The number of nitrogens with one attached hydrogen (secondary N) is 2. The summed E-state index contributed by atoms with van der Waals surface area (Å²) in [5.41, 5.74) is 3.00. The van der Waals surface area contributed by atoms with Crippen molar-refractivity contribution in [1.29, 1.82) is 0 Å². The van der Waals surface area contributed by atoms with Crippen LogP contribution in [0.5, 0.6) is 5.75 Å². The van der Waals surface area contributed by atoms with E-state index in [0.717, 1.165) is 32.4 Å². The van der Waals surface area contributed by atoms with Crippen LogP contribution in [0.4, 0.5) is 5.69 Å². The van der Waals surface area contributed by atoms with Crippen LogP contribution >= 0.6 is 43.6 Å². The third-order valence-electron chi connectivity index (χ3n) is 4.00. The van der Waals surface area contributed by atoms with Gasteiger partial charge in [0, 0.05) is 5.69 Å². The fourth-order valence-corrected chi connectivity index (χ4v) is 5.09. The van der Waals surface area contributed by atoms with E-state index in [1.165, 1.54) is 17.3 Å². The molecule has 1 fully saturated rings. The number of thioether (sulfide) groups is 1. The van der Waals surface area contributed by atoms with Gasteiger partial charge in [-0.05, 0) is 86.7 Å². The smallest absolute Gasteiger partial charge is 0.260 e. The molecule has 1 aliphatic rings. The molecule has 1 atom stereocenters. The van der Waals surface area contributed by atoms with Gasteiger partial charge in [0.1, 0.15) is 5.75 Å².